The third-order valence-corrected chi connectivity index (χ3v) is 2.74. The van der Waals surface area contributed by atoms with Crippen LogP contribution in [-0.2, 0) is 5.41 Å². The summed E-state index contributed by atoms with van der Waals surface area (Å²) < 4.78 is 0. The van der Waals surface area contributed by atoms with E-state index in [-0.39, 0.29) is 5.41 Å². The van der Waals surface area contributed by atoms with Crippen molar-refractivity contribution in [1.82, 2.24) is 4.98 Å². The van der Waals surface area contributed by atoms with Gasteiger partial charge in [0.2, 0.25) is 0 Å². The molecule has 0 amide bonds. The van der Waals surface area contributed by atoms with Gasteiger partial charge in [0.1, 0.15) is 0 Å². The van der Waals surface area contributed by atoms with Crippen LogP contribution in [0.15, 0.2) is 53.7 Å². The molecule has 0 aliphatic carbocycles. The third kappa shape index (κ3) is 3.04. The summed E-state index contributed by atoms with van der Waals surface area (Å²) in [5.74, 6) is 0. The number of aliphatic imine (C=N–C) groups is 1. The average Bonchev–Trinajstić information content (AvgIpc) is 2.37. The Morgan fingerprint density at radius 1 is 1.00 bits per heavy atom. The van der Waals surface area contributed by atoms with Crippen molar-refractivity contribution in [3.05, 3.63) is 59.9 Å². The minimum absolute atomic E-state index is 0.0953. The molecule has 0 radical (unpaired) electrons. The Morgan fingerprint density at radius 2 is 1.72 bits per heavy atom. The van der Waals surface area contributed by atoms with Crippen LogP contribution in [0.1, 0.15) is 32.0 Å². The zero-order valence-electron chi connectivity index (χ0n) is 11.1. The molecule has 0 saturated carbocycles. The van der Waals surface area contributed by atoms with Gasteiger partial charge in [-0.1, -0.05) is 45.0 Å². The first kappa shape index (κ1) is 12.5. The van der Waals surface area contributed by atoms with Gasteiger partial charge < -0.3 is 0 Å². The molecule has 0 aliphatic heterocycles. The van der Waals surface area contributed by atoms with Crippen LogP contribution in [0.25, 0.3) is 0 Å². The molecule has 0 atom stereocenters. The maximum atomic E-state index is 4.56. The van der Waals surface area contributed by atoms with Crippen molar-refractivity contribution in [2.75, 3.05) is 0 Å². The van der Waals surface area contributed by atoms with E-state index in [9.17, 15) is 0 Å². The van der Waals surface area contributed by atoms with Crippen LogP contribution < -0.4 is 0 Å². The van der Waals surface area contributed by atoms with Crippen molar-refractivity contribution < 1.29 is 0 Å². The lowest BCUT2D eigenvalue weighted by atomic mass is 9.86. The minimum atomic E-state index is 0.0953. The van der Waals surface area contributed by atoms with E-state index in [0.29, 0.717) is 0 Å². The molecule has 0 unspecified atom stereocenters. The molecular formula is C16H18N2. The average molecular weight is 238 g/mol. The van der Waals surface area contributed by atoms with E-state index < -0.39 is 0 Å². The molecule has 2 rings (SSSR count). The molecule has 92 valence electrons. The molecule has 0 bridgehead atoms. The Bertz CT molecular complexity index is 537. The molecule has 0 fully saturated rings. The summed E-state index contributed by atoms with van der Waals surface area (Å²) in [7, 11) is 0. The lowest BCUT2D eigenvalue weighted by Crippen LogP contribution is -2.11. The number of pyridine rings is 1. The van der Waals surface area contributed by atoms with Crippen molar-refractivity contribution in [2.24, 2.45) is 4.99 Å². The van der Waals surface area contributed by atoms with Gasteiger partial charge in [0.15, 0.2) is 0 Å². The standard InChI is InChI=1S/C16H18N2/c1-16(2,3)14-9-4-5-10-15(14)18-12-13-8-6-7-11-17-13/h4-12H,1-3H3. The molecule has 2 heteroatoms. The van der Waals surface area contributed by atoms with E-state index in [1.54, 1.807) is 6.20 Å². The largest absolute Gasteiger partial charge is 0.255 e. The fraction of sp³-hybridized carbons (Fsp3) is 0.250. The smallest absolute Gasteiger partial charge is 0.0812 e. The molecule has 0 N–H and O–H groups in total. The van der Waals surface area contributed by atoms with Gasteiger partial charge in [0, 0.05) is 6.20 Å². The molecule has 2 aromatic rings. The van der Waals surface area contributed by atoms with E-state index in [1.165, 1.54) is 5.56 Å². The first-order chi connectivity index (χ1) is 8.57. The second-order valence-corrected chi connectivity index (χ2v) is 5.28. The highest BCUT2D eigenvalue weighted by Crippen LogP contribution is 2.30. The van der Waals surface area contributed by atoms with Crippen molar-refractivity contribution in [3.8, 4) is 0 Å². The van der Waals surface area contributed by atoms with Crippen LogP contribution in [0, 0.1) is 0 Å². The zero-order valence-corrected chi connectivity index (χ0v) is 11.1. The number of rotatable bonds is 2. The van der Waals surface area contributed by atoms with Gasteiger partial charge in [0.05, 0.1) is 17.6 Å². The van der Waals surface area contributed by atoms with Gasteiger partial charge in [-0.15, -0.1) is 0 Å². The Balaban J connectivity index is 2.33. The number of hydrogen-bond acceptors (Lipinski definition) is 2. The van der Waals surface area contributed by atoms with Crippen LogP contribution >= 0.6 is 0 Å². The number of aromatic nitrogens is 1. The predicted octanol–water partition coefficient (Wildman–Crippen LogP) is 4.13. The van der Waals surface area contributed by atoms with Crippen LogP contribution in [0.2, 0.25) is 0 Å². The lowest BCUT2D eigenvalue weighted by molar-refractivity contribution is 0.591. The molecule has 0 aliphatic rings. The van der Waals surface area contributed by atoms with Crippen LogP contribution in [-0.4, -0.2) is 11.2 Å². The maximum Gasteiger partial charge on any atom is 0.0812 e. The van der Waals surface area contributed by atoms with Crippen molar-refractivity contribution in [3.63, 3.8) is 0 Å². The van der Waals surface area contributed by atoms with Gasteiger partial charge >= 0.3 is 0 Å². The quantitative estimate of drug-likeness (QED) is 0.722. The SMILES string of the molecule is CC(C)(C)c1ccccc1N=Cc1ccccn1. The molecule has 18 heavy (non-hydrogen) atoms. The zero-order chi connectivity index (χ0) is 13.0. The molecule has 0 spiro atoms. The third-order valence-electron chi connectivity index (χ3n) is 2.74. The number of hydrogen-bond donors (Lipinski definition) is 0. The Kier molecular flexibility index (Phi) is 3.56. The lowest BCUT2D eigenvalue weighted by Gasteiger charge is -2.20. The number of para-hydroxylation sites is 1. The second-order valence-electron chi connectivity index (χ2n) is 5.28. The normalized spacial score (nSPS) is 11.9. The second kappa shape index (κ2) is 5.13. The molecule has 1 heterocycles. The Labute approximate surface area is 108 Å². The van der Waals surface area contributed by atoms with Gasteiger partial charge in [-0.25, -0.2) is 0 Å². The molecular weight excluding hydrogens is 220 g/mol. The molecule has 1 aromatic carbocycles. The summed E-state index contributed by atoms with van der Waals surface area (Å²) in [4.78, 5) is 8.79. The fourth-order valence-electron chi connectivity index (χ4n) is 1.81. The van der Waals surface area contributed by atoms with Gasteiger partial charge in [0.25, 0.3) is 0 Å². The highest BCUT2D eigenvalue weighted by Gasteiger charge is 2.16. The highest BCUT2D eigenvalue weighted by atomic mass is 14.8. The van der Waals surface area contributed by atoms with Gasteiger partial charge in [-0.3, -0.25) is 9.98 Å². The van der Waals surface area contributed by atoms with Crippen molar-refractivity contribution in [1.29, 1.82) is 0 Å². The number of nitrogens with zero attached hydrogens (tertiary/aromatic N) is 2. The summed E-state index contributed by atoms with van der Waals surface area (Å²) in [5, 5.41) is 0. The maximum absolute atomic E-state index is 4.56. The van der Waals surface area contributed by atoms with E-state index in [0.717, 1.165) is 11.4 Å². The van der Waals surface area contributed by atoms with E-state index in [1.807, 2.05) is 36.5 Å². The Morgan fingerprint density at radius 3 is 2.39 bits per heavy atom. The number of benzene rings is 1. The first-order valence-electron chi connectivity index (χ1n) is 6.12. The first-order valence-corrected chi connectivity index (χ1v) is 6.12. The van der Waals surface area contributed by atoms with E-state index in [2.05, 4.69) is 42.9 Å². The minimum Gasteiger partial charge on any atom is -0.255 e. The molecule has 2 nitrogen and oxygen atoms in total. The summed E-state index contributed by atoms with van der Waals surface area (Å²) in [6, 6.07) is 14.1. The summed E-state index contributed by atoms with van der Waals surface area (Å²) in [6.45, 7) is 6.59. The van der Waals surface area contributed by atoms with Crippen LogP contribution in [0.5, 0.6) is 0 Å². The molecule has 0 saturated heterocycles. The highest BCUT2D eigenvalue weighted by molar-refractivity contribution is 5.80. The van der Waals surface area contributed by atoms with Crippen molar-refractivity contribution in [2.45, 2.75) is 26.2 Å². The van der Waals surface area contributed by atoms with E-state index in [4.69, 9.17) is 0 Å². The van der Waals surface area contributed by atoms with Gasteiger partial charge in [-0.2, -0.15) is 0 Å². The topological polar surface area (TPSA) is 25.2 Å². The van der Waals surface area contributed by atoms with E-state index >= 15 is 0 Å². The van der Waals surface area contributed by atoms with Gasteiger partial charge in [-0.05, 0) is 29.2 Å². The summed E-state index contributed by atoms with van der Waals surface area (Å²) in [6.07, 6.45) is 3.58. The monoisotopic (exact) mass is 238 g/mol. The fourth-order valence-corrected chi connectivity index (χ4v) is 1.81. The molecule has 1 aromatic heterocycles. The summed E-state index contributed by atoms with van der Waals surface area (Å²) >= 11 is 0. The van der Waals surface area contributed by atoms with Crippen molar-refractivity contribution >= 4 is 11.9 Å². The summed E-state index contributed by atoms with van der Waals surface area (Å²) in [5.41, 5.74) is 3.23. The van der Waals surface area contributed by atoms with Crippen LogP contribution in [0.3, 0.4) is 0 Å². The predicted molar refractivity (Wildman–Crippen MR) is 76.6 cm³/mol. The van der Waals surface area contributed by atoms with Crippen LogP contribution in [0.4, 0.5) is 5.69 Å². The Hall–Kier alpha value is -1.96.